The molecule has 0 amide bonds. The van der Waals surface area contributed by atoms with Crippen molar-refractivity contribution in [3.8, 4) is 0 Å². The maximum absolute atomic E-state index is 2.44. The van der Waals surface area contributed by atoms with Crippen molar-refractivity contribution in [2.75, 3.05) is 0 Å². The van der Waals surface area contributed by atoms with Crippen LogP contribution in [0.3, 0.4) is 0 Å². The normalized spacial score (nSPS) is 51.6. The summed E-state index contributed by atoms with van der Waals surface area (Å²) in [5, 5.41) is 0. The minimum absolute atomic E-state index is 0.937. The second-order valence-electron chi connectivity index (χ2n) is 4.69. The Balaban J connectivity index is 2.05. The second kappa shape index (κ2) is 1.99. The smallest absolute Gasteiger partial charge is 0.0334 e. The standard InChI is InChI=1S/C10H18/c1-6(2)10-7(3)4-8-5-9(8)10/h6-10H,4-5H2,1-3H3. The Labute approximate surface area is 64.0 Å². The molecule has 0 aromatic carbocycles. The highest BCUT2D eigenvalue weighted by Gasteiger charge is 2.52. The van der Waals surface area contributed by atoms with E-state index in [0.29, 0.717) is 0 Å². The molecule has 0 aromatic heterocycles. The number of hydrogen-bond donors (Lipinski definition) is 0. The molecule has 0 N–H and O–H groups in total. The van der Waals surface area contributed by atoms with Crippen LogP contribution in [0, 0.1) is 29.6 Å². The summed E-state index contributed by atoms with van der Waals surface area (Å²) in [4.78, 5) is 0. The van der Waals surface area contributed by atoms with Crippen molar-refractivity contribution >= 4 is 0 Å². The van der Waals surface area contributed by atoms with Crippen LogP contribution < -0.4 is 0 Å². The first kappa shape index (κ1) is 6.69. The topological polar surface area (TPSA) is 0 Å². The lowest BCUT2D eigenvalue weighted by atomic mass is 9.84. The summed E-state index contributed by atoms with van der Waals surface area (Å²) in [5.41, 5.74) is 0. The Morgan fingerprint density at radius 3 is 2.20 bits per heavy atom. The van der Waals surface area contributed by atoms with Crippen molar-refractivity contribution in [2.24, 2.45) is 29.6 Å². The third kappa shape index (κ3) is 0.810. The summed E-state index contributed by atoms with van der Waals surface area (Å²) in [7, 11) is 0. The highest BCUT2D eigenvalue weighted by molar-refractivity contribution is 5.01. The van der Waals surface area contributed by atoms with Gasteiger partial charge in [0.05, 0.1) is 0 Å². The molecule has 0 heteroatoms. The molecule has 10 heavy (non-hydrogen) atoms. The van der Waals surface area contributed by atoms with Gasteiger partial charge < -0.3 is 0 Å². The average molecular weight is 138 g/mol. The first-order chi connectivity index (χ1) is 4.70. The van der Waals surface area contributed by atoms with E-state index in [1.807, 2.05) is 0 Å². The fourth-order valence-electron chi connectivity index (χ4n) is 3.22. The van der Waals surface area contributed by atoms with Crippen LogP contribution in [0.25, 0.3) is 0 Å². The first-order valence-corrected chi connectivity index (χ1v) is 4.70. The Kier molecular flexibility index (Phi) is 1.33. The zero-order valence-corrected chi connectivity index (χ0v) is 7.30. The van der Waals surface area contributed by atoms with Gasteiger partial charge in [0.2, 0.25) is 0 Å². The van der Waals surface area contributed by atoms with E-state index in [1.165, 1.54) is 6.42 Å². The van der Waals surface area contributed by atoms with Gasteiger partial charge in [-0.3, -0.25) is 0 Å². The van der Waals surface area contributed by atoms with Gasteiger partial charge in [0.15, 0.2) is 0 Å². The van der Waals surface area contributed by atoms with E-state index >= 15 is 0 Å². The fourth-order valence-corrected chi connectivity index (χ4v) is 3.22. The molecule has 2 aliphatic rings. The minimum atomic E-state index is 0.937. The number of rotatable bonds is 1. The van der Waals surface area contributed by atoms with Gasteiger partial charge in [-0.15, -0.1) is 0 Å². The maximum Gasteiger partial charge on any atom is -0.0334 e. The third-order valence-corrected chi connectivity index (χ3v) is 3.57. The lowest BCUT2D eigenvalue weighted by molar-refractivity contribution is 0.272. The van der Waals surface area contributed by atoms with E-state index < -0.39 is 0 Å². The zero-order valence-electron chi connectivity index (χ0n) is 7.30. The molecule has 2 rings (SSSR count). The first-order valence-electron chi connectivity index (χ1n) is 4.70. The molecule has 0 saturated heterocycles. The van der Waals surface area contributed by atoms with Crippen LogP contribution in [0.15, 0.2) is 0 Å². The third-order valence-electron chi connectivity index (χ3n) is 3.57. The Bertz CT molecular complexity index is 135. The molecule has 4 unspecified atom stereocenters. The second-order valence-corrected chi connectivity index (χ2v) is 4.69. The predicted molar refractivity (Wildman–Crippen MR) is 43.7 cm³/mol. The zero-order chi connectivity index (χ0) is 7.30. The monoisotopic (exact) mass is 138 g/mol. The van der Waals surface area contributed by atoms with Crippen molar-refractivity contribution in [3.63, 3.8) is 0 Å². The summed E-state index contributed by atoms with van der Waals surface area (Å²) in [6.07, 6.45) is 3.10. The molecule has 0 spiro atoms. The molecule has 0 bridgehead atoms. The molecular formula is C10H18. The van der Waals surface area contributed by atoms with E-state index in [9.17, 15) is 0 Å². The molecule has 4 atom stereocenters. The van der Waals surface area contributed by atoms with E-state index in [0.717, 1.165) is 29.6 Å². The predicted octanol–water partition coefficient (Wildman–Crippen LogP) is 2.93. The molecule has 0 nitrogen and oxygen atoms in total. The highest BCUT2D eigenvalue weighted by atomic mass is 14.6. The highest BCUT2D eigenvalue weighted by Crippen LogP contribution is 2.59. The van der Waals surface area contributed by atoms with E-state index in [4.69, 9.17) is 0 Å². The molecule has 0 aliphatic heterocycles. The van der Waals surface area contributed by atoms with E-state index in [-0.39, 0.29) is 0 Å². The average Bonchev–Trinajstić information content (AvgIpc) is 2.42. The quantitative estimate of drug-likeness (QED) is 0.522. The van der Waals surface area contributed by atoms with E-state index in [2.05, 4.69) is 20.8 Å². The Hall–Kier alpha value is 0. The molecule has 2 aliphatic carbocycles. The van der Waals surface area contributed by atoms with Gasteiger partial charge in [-0.25, -0.2) is 0 Å². The van der Waals surface area contributed by atoms with Crippen LogP contribution >= 0.6 is 0 Å². The van der Waals surface area contributed by atoms with Gasteiger partial charge >= 0.3 is 0 Å². The van der Waals surface area contributed by atoms with Crippen LogP contribution in [0.5, 0.6) is 0 Å². The molecule has 58 valence electrons. The summed E-state index contributed by atoms with van der Waals surface area (Å²) in [5.74, 6) is 5.35. The SMILES string of the molecule is CC(C)C1C(C)CC2CC21. The maximum atomic E-state index is 2.44. The molecule has 2 saturated carbocycles. The Morgan fingerprint density at radius 2 is 1.90 bits per heavy atom. The molecular weight excluding hydrogens is 120 g/mol. The van der Waals surface area contributed by atoms with Crippen LogP contribution in [0.1, 0.15) is 33.6 Å². The molecule has 0 radical (unpaired) electrons. The molecule has 2 fully saturated rings. The van der Waals surface area contributed by atoms with E-state index in [1.54, 1.807) is 6.42 Å². The van der Waals surface area contributed by atoms with Crippen molar-refractivity contribution in [1.82, 2.24) is 0 Å². The van der Waals surface area contributed by atoms with Crippen LogP contribution in [-0.4, -0.2) is 0 Å². The summed E-state index contributed by atoms with van der Waals surface area (Å²) in [6, 6.07) is 0. The van der Waals surface area contributed by atoms with Crippen molar-refractivity contribution in [2.45, 2.75) is 33.6 Å². The lowest BCUT2D eigenvalue weighted by Gasteiger charge is -2.22. The van der Waals surface area contributed by atoms with Gasteiger partial charge in [-0.1, -0.05) is 20.8 Å². The summed E-state index contributed by atoms with van der Waals surface area (Å²) < 4.78 is 0. The van der Waals surface area contributed by atoms with Gasteiger partial charge in [-0.2, -0.15) is 0 Å². The van der Waals surface area contributed by atoms with Gasteiger partial charge in [0.25, 0.3) is 0 Å². The van der Waals surface area contributed by atoms with Crippen LogP contribution in [-0.2, 0) is 0 Å². The fraction of sp³-hybridized carbons (Fsp3) is 1.00. The summed E-state index contributed by atoms with van der Waals surface area (Å²) >= 11 is 0. The number of hydrogen-bond acceptors (Lipinski definition) is 0. The van der Waals surface area contributed by atoms with Gasteiger partial charge in [0.1, 0.15) is 0 Å². The van der Waals surface area contributed by atoms with Gasteiger partial charge in [-0.05, 0) is 42.4 Å². The molecule has 0 heterocycles. The summed E-state index contributed by atoms with van der Waals surface area (Å²) in [6.45, 7) is 7.22. The Morgan fingerprint density at radius 1 is 1.20 bits per heavy atom. The lowest BCUT2D eigenvalue weighted by Crippen LogP contribution is -2.15. The van der Waals surface area contributed by atoms with Crippen molar-refractivity contribution in [3.05, 3.63) is 0 Å². The van der Waals surface area contributed by atoms with Gasteiger partial charge in [0, 0.05) is 0 Å². The van der Waals surface area contributed by atoms with Crippen molar-refractivity contribution in [1.29, 1.82) is 0 Å². The van der Waals surface area contributed by atoms with Crippen LogP contribution in [0.2, 0.25) is 0 Å². The van der Waals surface area contributed by atoms with Crippen LogP contribution in [0.4, 0.5) is 0 Å². The minimum Gasteiger partial charge on any atom is -0.0625 e. The van der Waals surface area contributed by atoms with Crippen molar-refractivity contribution < 1.29 is 0 Å². The number of fused-ring (bicyclic) bond motifs is 1. The molecule has 0 aromatic rings. The largest absolute Gasteiger partial charge is 0.0625 e.